The monoisotopic (exact) mass is 241 g/mol. The van der Waals surface area contributed by atoms with Crippen molar-refractivity contribution in [2.24, 2.45) is 0 Å². The van der Waals surface area contributed by atoms with Gasteiger partial charge >= 0.3 is 5.97 Å². The van der Waals surface area contributed by atoms with Crippen molar-refractivity contribution in [3.63, 3.8) is 0 Å². The zero-order chi connectivity index (χ0) is 11.2. The summed E-state index contributed by atoms with van der Waals surface area (Å²) in [6, 6.07) is 0. The molecule has 0 amide bonds. The molecule has 0 aromatic rings. The van der Waals surface area contributed by atoms with Gasteiger partial charge in [0.15, 0.2) is 0 Å². The Kier molecular flexibility index (Phi) is 2.60. The fourth-order valence-electron chi connectivity index (χ4n) is 1.82. The molecule has 1 atom stereocenters. The van der Waals surface area contributed by atoms with Gasteiger partial charge < -0.3 is 10.0 Å². The molecule has 0 saturated carbocycles. The highest BCUT2D eigenvalue weighted by Gasteiger charge is 2.48. The average molecular weight is 241 g/mol. The van der Waals surface area contributed by atoms with E-state index in [1.54, 1.807) is 16.7 Å². The van der Waals surface area contributed by atoms with E-state index in [0.717, 1.165) is 16.9 Å². The lowest BCUT2D eigenvalue weighted by Gasteiger charge is -2.40. The Morgan fingerprint density at radius 2 is 2.40 bits per heavy atom. The molecule has 0 spiro atoms. The summed E-state index contributed by atoms with van der Waals surface area (Å²) < 4.78 is 0. The summed E-state index contributed by atoms with van der Waals surface area (Å²) in [6.07, 6.45) is 2.72. The summed E-state index contributed by atoms with van der Waals surface area (Å²) in [6.45, 7) is 3.90. The van der Waals surface area contributed by atoms with Crippen LogP contribution in [0.25, 0.3) is 0 Å². The maximum absolute atomic E-state index is 11.1. The molecule has 2 aliphatic rings. The number of carbonyl (C=O) groups is 1. The molecule has 3 nitrogen and oxygen atoms in total. The van der Waals surface area contributed by atoms with Crippen LogP contribution >= 0.6 is 24.0 Å². The van der Waals surface area contributed by atoms with Crippen molar-refractivity contribution in [3.05, 3.63) is 22.3 Å². The molecule has 0 unspecified atom stereocenters. The second-order valence-corrected chi connectivity index (χ2v) is 4.88. The highest BCUT2D eigenvalue weighted by Crippen LogP contribution is 2.50. The average Bonchev–Trinajstić information content (AvgIpc) is 2.53. The van der Waals surface area contributed by atoms with Crippen molar-refractivity contribution < 1.29 is 9.90 Å². The number of thioether (sulfide) groups is 1. The maximum Gasteiger partial charge on any atom is 0.353 e. The molecule has 0 aromatic heterocycles. The summed E-state index contributed by atoms with van der Waals surface area (Å²) >= 11 is 6.79. The number of hydrogen-bond acceptors (Lipinski definition) is 3. The van der Waals surface area contributed by atoms with Crippen molar-refractivity contribution in [2.75, 3.05) is 0 Å². The minimum atomic E-state index is -0.876. The smallest absolute Gasteiger partial charge is 0.353 e. The van der Waals surface area contributed by atoms with Crippen LogP contribution < -0.4 is 0 Å². The van der Waals surface area contributed by atoms with Crippen LogP contribution in [-0.2, 0) is 4.79 Å². The van der Waals surface area contributed by atoms with Gasteiger partial charge in [0.2, 0.25) is 0 Å². The lowest BCUT2D eigenvalue weighted by atomic mass is 10.1. The Morgan fingerprint density at radius 3 is 2.87 bits per heavy atom. The highest BCUT2D eigenvalue weighted by atomic mass is 32.2. The van der Waals surface area contributed by atoms with Gasteiger partial charge in [-0.25, -0.2) is 4.79 Å². The van der Waals surface area contributed by atoms with Gasteiger partial charge in [0.25, 0.3) is 0 Å². The van der Waals surface area contributed by atoms with E-state index in [1.165, 1.54) is 0 Å². The molecule has 0 aliphatic carbocycles. The number of allylic oxidation sites excluding steroid dienone is 2. The van der Waals surface area contributed by atoms with E-state index in [9.17, 15) is 4.79 Å². The van der Waals surface area contributed by atoms with E-state index in [2.05, 4.69) is 0 Å². The molecule has 80 valence electrons. The summed E-state index contributed by atoms with van der Waals surface area (Å²) in [4.78, 5) is 14.4. The number of carboxylic acid groups (broad SMARTS) is 1. The fourth-order valence-corrected chi connectivity index (χ4v) is 3.82. The van der Waals surface area contributed by atoms with E-state index in [1.807, 2.05) is 19.9 Å². The van der Waals surface area contributed by atoms with E-state index in [-0.39, 0.29) is 5.37 Å². The molecule has 2 rings (SSSR count). The van der Waals surface area contributed by atoms with E-state index < -0.39 is 5.97 Å². The summed E-state index contributed by atoms with van der Waals surface area (Å²) in [5.74, 6) is -0.876. The van der Waals surface area contributed by atoms with E-state index in [4.69, 9.17) is 17.3 Å². The van der Waals surface area contributed by atoms with Gasteiger partial charge in [0.05, 0.1) is 0 Å². The van der Waals surface area contributed by atoms with Gasteiger partial charge in [-0.3, -0.25) is 0 Å². The summed E-state index contributed by atoms with van der Waals surface area (Å²) in [5.41, 5.74) is 1.46. The highest BCUT2D eigenvalue weighted by molar-refractivity contribution is 8.04. The van der Waals surface area contributed by atoms with Gasteiger partial charge in [-0.15, -0.1) is 0 Å². The topological polar surface area (TPSA) is 40.5 Å². The van der Waals surface area contributed by atoms with Crippen LogP contribution in [0.1, 0.15) is 20.3 Å². The first-order valence-corrected chi connectivity index (χ1v) is 6.03. The zero-order valence-electron chi connectivity index (χ0n) is 8.48. The lowest BCUT2D eigenvalue weighted by Crippen LogP contribution is -2.50. The largest absolute Gasteiger partial charge is 0.477 e. The third-order valence-corrected chi connectivity index (χ3v) is 4.45. The Labute approximate surface area is 97.8 Å². The molecular formula is C10H11NO2S2. The number of rotatable bonds is 2. The molecule has 0 bridgehead atoms. The quantitative estimate of drug-likeness (QED) is 0.593. The molecule has 15 heavy (non-hydrogen) atoms. The van der Waals surface area contributed by atoms with Crippen molar-refractivity contribution in [2.45, 2.75) is 25.6 Å². The van der Waals surface area contributed by atoms with Gasteiger partial charge in [-0.1, -0.05) is 37.0 Å². The van der Waals surface area contributed by atoms with E-state index in [0.29, 0.717) is 10.7 Å². The van der Waals surface area contributed by atoms with Crippen molar-refractivity contribution in [1.82, 2.24) is 4.90 Å². The first-order chi connectivity index (χ1) is 7.11. The van der Waals surface area contributed by atoms with Crippen LogP contribution in [0.2, 0.25) is 0 Å². The molecule has 0 radical (unpaired) electrons. The van der Waals surface area contributed by atoms with Crippen LogP contribution in [-0.4, -0.2) is 26.3 Å². The number of thiocarbonyl (C=S) groups is 1. The Hall–Kier alpha value is -0.810. The minimum Gasteiger partial charge on any atom is -0.477 e. The maximum atomic E-state index is 11.1. The normalized spacial score (nSPS) is 27.1. The third kappa shape index (κ3) is 1.33. The molecule has 1 saturated heterocycles. The fraction of sp³-hybridized carbons (Fsp3) is 0.400. The van der Waals surface area contributed by atoms with Gasteiger partial charge in [-0.05, 0) is 13.3 Å². The molecule has 2 heterocycles. The molecule has 5 heteroatoms. The Bertz CT molecular complexity index is 412. The number of carboxylic acids is 1. The zero-order valence-corrected chi connectivity index (χ0v) is 10.1. The van der Waals surface area contributed by atoms with Gasteiger partial charge in [0.1, 0.15) is 16.1 Å². The second kappa shape index (κ2) is 3.64. The number of aliphatic carboxylic acids is 1. The molecule has 1 fully saturated rings. The van der Waals surface area contributed by atoms with Crippen molar-refractivity contribution in [3.8, 4) is 0 Å². The standard InChI is InChI=1S/C10H11NO2S2/c1-3-5-8(14)11-7(10(12)13)6(4-2)15-9(5)11/h3,9H,4H2,1-2H3,(H,12,13)/b5-3+/t9-/m0/s1. The second-order valence-electron chi connectivity index (χ2n) is 3.32. The van der Waals surface area contributed by atoms with Crippen molar-refractivity contribution in [1.29, 1.82) is 0 Å². The lowest BCUT2D eigenvalue weighted by molar-refractivity contribution is -0.134. The van der Waals surface area contributed by atoms with Crippen LogP contribution in [0, 0.1) is 0 Å². The first-order valence-electron chi connectivity index (χ1n) is 4.74. The predicted octanol–water partition coefficient (Wildman–Crippen LogP) is 2.35. The number of nitrogens with zero attached hydrogens (tertiary/aromatic N) is 1. The van der Waals surface area contributed by atoms with Crippen LogP contribution in [0.5, 0.6) is 0 Å². The molecule has 1 N–H and O–H groups in total. The van der Waals surface area contributed by atoms with E-state index >= 15 is 0 Å². The predicted molar refractivity (Wildman–Crippen MR) is 64.5 cm³/mol. The first kappa shape index (κ1) is 10.7. The van der Waals surface area contributed by atoms with Gasteiger partial charge in [-0.2, -0.15) is 0 Å². The van der Waals surface area contributed by atoms with Crippen molar-refractivity contribution >= 4 is 34.9 Å². The Morgan fingerprint density at radius 1 is 1.73 bits per heavy atom. The van der Waals surface area contributed by atoms with Crippen LogP contribution in [0.15, 0.2) is 22.3 Å². The molecule has 0 aromatic carbocycles. The molecule has 2 aliphatic heterocycles. The van der Waals surface area contributed by atoms with Crippen LogP contribution in [0.3, 0.4) is 0 Å². The SMILES string of the molecule is C/C=C1\C(=S)N2C(C(=O)O)=C(CC)S[C@@H]12. The number of hydrogen-bond donors (Lipinski definition) is 1. The third-order valence-electron chi connectivity index (χ3n) is 2.56. The summed E-state index contributed by atoms with van der Waals surface area (Å²) in [7, 11) is 0. The molecular weight excluding hydrogens is 230 g/mol. The Balaban J connectivity index is 2.38. The van der Waals surface area contributed by atoms with Gasteiger partial charge in [0, 0.05) is 10.5 Å². The summed E-state index contributed by atoms with van der Waals surface area (Å²) in [5, 5.41) is 9.24. The minimum absolute atomic E-state index is 0.114. The number of fused-ring (bicyclic) bond motifs is 1. The van der Waals surface area contributed by atoms with Crippen LogP contribution in [0.4, 0.5) is 0 Å².